The third kappa shape index (κ3) is 3.52. The Balaban J connectivity index is 1.79. The van der Waals surface area contributed by atoms with Gasteiger partial charge in [-0.05, 0) is 35.4 Å². The molecule has 21 heavy (non-hydrogen) atoms. The third-order valence-corrected chi connectivity index (χ3v) is 3.96. The van der Waals surface area contributed by atoms with Gasteiger partial charge in [0.15, 0.2) is 5.82 Å². The Labute approximate surface area is 136 Å². The van der Waals surface area contributed by atoms with Crippen LogP contribution in [0, 0.1) is 0 Å². The van der Waals surface area contributed by atoms with Crippen LogP contribution in [-0.4, -0.2) is 10.1 Å². The number of benzene rings is 2. The second kappa shape index (κ2) is 6.41. The standard InChI is InChI=1S/C16H12BrClN2O/c17-10-11-4-6-13(7-5-11)16-19-15(20-21-16)9-12-2-1-3-14(18)8-12/h1-8H,9-10H2. The highest BCUT2D eigenvalue weighted by Gasteiger charge is 2.09. The van der Waals surface area contributed by atoms with E-state index in [0.29, 0.717) is 23.2 Å². The van der Waals surface area contributed by atoms with Crippen molar-refractivity contribution in [1.29, 1.82) is 0 Å². The predicted octanol–water partition coefficient (Wildman–Crippen LogP) is 4.88. The molecular formula is C16H12BrClN2O. The first-order chi connectivity index (χ1) is 10.2. The number of nitrogens with zero attached hydrogens (tertiary/aromatic N) is 2. The molecule has 0 saturated heterocycles. The number of aromatic nitrogens is 2. The summed E-state index contributed by atoms with van der Waals surface area (Å²) in [6, 6.07) is 15.7. The lowest BCUT2D eigenvalue weighted by atomic mass is 10.1. The molecule has 3 rings (SSSR count). The zero-order chi connectivity index (χ0) is 14.7. The van der Waals surface area contributed by atoms with Crippen LogP contribution in [0.4, 0.5) is 0 Å². The first kappa shape index (κ1) is 14.3. The summed E-state index contributed by atoms with van der Waals surface area (Å²) >= 11 is 9.40. The Morgan fingerprint density at radius 3 is 2.57 bits per heavy atom. The van der Waals surface area contributed by atoms with Gasteiger partial charge in [0.1, 0.15) is 0 Å². The fourth-order valence-corrected chi connectivity index (χ4v) is 2.60. The van der Waals surface area contributed by atoms with Crippen molar-refractivity contribution in [3.8, 4) is 11.5 Å². The fourth-order valence-electron chi connectivity index (χ4n) is 2.01. The summed E-state index contributed by atoms with van der Waals surface area (Å²) in [6.45, 7) is 0. The third-order valence-electron chi connectivity index (χ3n) is 3.07. The van der Waals surface area contributed by atoms with Gasteiger partial charge < -0.3 is 4.52 Å². The van der Waals surface area contributed by atoms with E-state index < -0.39 is 0 Å². The molecule has 1 heterocycles. The van der Waals surface area contributed by atoms with E-state index >= 15 is 0 Å². The van der Waals surface area contributed by atoms with Gasteiger partial charge in [0, 0.05) is 22.3 Å². The summed E-state index contributed by atoms with van der Waals surface area (Å²) in [5, 5.41) is 5.56. The van der Waals surface area contributed by atoms with Crippen LogP contribution in [0.1, 0.15) is 17.0 Å². The molecule has 1 aromatic heterocycles. The molecule has 0 saturated carbocycles. The van der Waals surface area contributed by atoms with E-state index in [1.54, 1.807) is 0 Å². The minimum absolute atomic E-state index is 0.535. The van der Waals surface area contributed by atoms with Gasteiger partial charge in [0.2, 0.25) is 0 Å². The Morgan fingerprint density at radius 2 is 1.86 bits per heavy atom. The number of alkyl halides is 1. The van der Waals surface area contributed by atoms with Crippen molar-refractivity contribution in [2.24, 2.45) is 0 Å². The maximum absolute atomic E-state index is 5.97. The topological polar surface area (TPSA) is 38.9 Å². The van der Waals surface area contributed by atoms with Gasteiger partial charge in [-0.15, -0.1) is 0 Å². The van der Waals surface area contributed by atoms with Crippen molar-refractivity contribution in [2.45, 2.75) is 11.8 Å². The van der Waals surface area contributed by atoms with E-state index in [1.807, 2.05) is 48.5 Å². The second-order valence-electron chi connectivity index (χ2n) is 4.65. The van der Waals surface area contributed by atoms with Gasteiger partial charge in [-0.2, -0.15) is 4.98 Å². The normalized spacial score (nSPS) is 10.8. The van der Waals surface area contributed by atoms with Gasteiger partial charge in [-0.3, -0.25) is 0 Å². The second-order valence-corrected chi connectivity index (χ2v) is 5.65. The Morgan fingerprint density at radius 1 is 1.05 bits per heavy atom. The molecule has 0 atom stereocenters. The molecule has 0 spiro atoms. The van der Waals surface area contributed by atoms with Gasteiger partial charge in [0.25, 0.3) is 5.89 Å². The zero-order valence-electron chi connectivity index (χ0n) is 11.1. The molecule has 0 N–H and O–H groups in total. The highest BCUT2D eigenvalue weighted by atomic mass is 79.9. The lowest BCUT2D eigenvalue weighted by Crippen LogP contribution is -1.90. The predicted molar refractivity (Wildman–Crippen MR) is 86.6 cm³/mol. The van der Waals surface area contributed by atoms with Crippen molar-refractivity contribution in [2.75, 3.05) is 0 Å². The summed E-state index contributed by atoms with van der Waals surface area (Å²) in [4.78, 5) is 4.43. The van der Waals surface area contributed by atoms with Crippen molar-refractivity contribution in [3.63, 3.8) is 0 Å². The lowest BCUT2D eigenvalue weighted by Gasteiger charge is -1.97. The molecule has 0 fully saturated rings. The SMILES string of the molecule is Clc1cccc(Cc2noc(-c3ccc(CBr)cc3)n2)c1. The average molecular weight is 364 g/mol. The summed E-state index contributed by atoms with van der Waals surface area (Å²) in [5.41, 5.74) is 3.19. The first-order valence-corrected chi connectivity index (χ1v) is 7.97. The summed E-state index contributed by atoms with van der Waals surface area (Å²) in [7, 11) is 0. The molecule has 0 unspecified atom stereocenters. The lowest BCUT2D eigenvalue weighted by molar-refractivity contribution is 0.424. The Kier molecular flexibility index (Phi) is 4.36. The number of halogens is 2. The fraction of sp³-hybridized carbons (Fsp3) is 0.125. The van der Waals surface area contributed by atoms with E-state index in [4.69, 9.17) is 16.1 Å². The molecule has 0 radical (unpaired) electrons. The maximum atomic E-state index is 5.97. The largest absolute Gasteiger partial charge is 0.334 e. The average Bonchev–Trinajstić information content (AvgIpc) is 2.96. The highest BCUT2D eigenvalue weighted by molar-refractivity contribution is 9.08. The molecule has 0 aliphatic heterocycles. The van der Waals surface area contributed by atoms with Crippen LogP contribution < -0.4 is 0 Å². The number of hydrogen-bond acceptors (Lipinski definition) is 3. The summed E-state index contributed by atoms with van der Waals surface area (Å²) < 4.78 is 5.32. The van der Waals surface area contributed by atoms with Gasteiger partial charge in [0.05, 0.1) is 0 Å². The van der Waals surface area contributed by atoms with Crippen LogP contribution in [0.25, 0.3) is 11.5 Å². The van der Waals surface area contributed by atoms with E-state index in [9.17, 15) is 0 Å². The van der Waals surface area contributed by atoms with Crippen molar-refractivity contribution < 1.29 is 4.52 Å². The smallest absolute Gasteiger partial charge is 0.257 e. The molecule has 3 nitrogen and oxygen atoms in total. The molecule has 0 aliphatic carbocycles. The number of rotatable bonds is 4. The van der Waals surface area contributed by atoms with Crippen LogP contribution >= 0.6 is 27.5 Å². The van der Waals surface area contributed by atoms with E-state index in [2.05, 4.69) is 26.1 Å². The van der Waals surface area contributed by atoms with Crippen LogP contribution in [-0.2, 0) is 11.8 Å². The monoisotopic (exact) mass is 362 g/mol. The molecule has 0 amide bonds. The molecule has 106 valence electrons. The Hall–Kier alpha value is -1.65. The van der Waals surface area contributed by atoms with Crippen LogP contribution in [0.2, 0.25) is 5.02 Å². The van der Waals surface area contributed by atoms with Crippen molar-refractivity contribution in [1.82, 2.24) is 10.1 Å². The molecule has 0 bridgehead atoms. The van der Waals surface area contributed by atoms with Crippen molar-refractivity contribution in [3.05, 3.63) is 70.5 Å². The minimum atomic E-state index is 0.535. The molecule has 3 aromatic rings. The molecule has 2 aromatic carbocycles. The Bertz CT molecular complexity index is 740. The van der Waals surface area contributed by atoms with Crippen LogP contribution in [0.15, 0.2) is 53.1 Å². The molecule has 0 aliphatic rings. The molecule has 5 heteroatoms. The minimum Gasteiger partial charge on any atom is -0.334 e. The first-order valence-electron chi connectivity index (χ1n) is 6.47. The maximum Gasteiger partial charge on any atom is 0.257 e. The van der Waals surface area contributed by atoms with Crippen molar-refractivity contribution >= 4 is 27.5 Å². The van der Waals surface area contributed by atoms with Crippen LogP contribution in [0.3, 0.4) is 0 Å². The van der Waals surface area contributed by atoms with E-state index in [-0.39, 0.29) is 0 Å². The molecular weight excluding hydrogens is 352 g/mol. The summed E-state index contributed by atoms with van der Waals surface area (Å²) in [6.07, 6.45) is 0.601. The van der Waals surface area contributed by atoms with Crippen LogP contribution in [0.5, 0.6) is 0 Å². The van der Waals surface area contributed by atoms with Gasteiger partial charge >= 0.3 is 0 Å². The number of hydrogen-bond donors (Lipinski definition) is 0. The zero-order valence-corrected chi connectivity index (χ0v) is 13.4. The van der Waals surface area contributed by atoms with E-state index in [1.165, 1.54) is 5.56 Å². The van der Waals surface area contributed by atoms with Gasteiger partial charge in [-0.25, -0.2) is 0 Å². The summed E-state index contributed by atoms with van der Waals surface area (Å²) in [5.74, 6) is 1.19. The van der Waals surface area contributed by atoms with Gasteiger partial charge in [-0.1, -0.05) is 57.0 Å². The quantitative estimate of drug-likeness (QED) is 0.620. The van der Waals surface area contributed by atoms with E-state index in [0.717, 1.165) is 16.5 Å². The highest BCUT2D eigenvalue weighted by Crippen LogP contribution is 2.20.